The molecule has 18 heavy (non-hydrogen) atoms. The summed E-state index contributed by atoms with van der Waals surface area (Å²) in [7, 11) is 0. The molecule has 4 heteroatoms. The molecule has 1 aromatic heterocycles. The number of anilines is 1. The van der Waals surface area contributed by atoms with Crippen molar-refractivity contribution in [3.05, 3.63) is 23.4 Å². The van der Waals surface area contributed by atoms with E-state index in [1.165, 1.54) is 6.42 Å². The molecule has 2 heterocycles. The Morgan fingerprint density at radius 2 is 2.28 bits per heavy atom. The van der Waals surface area contributed by atoms with Crippen molar-refractivity contribution in [2.45, 2.75) is 27.2 Å². The zero-order valence-electron chi connectivity index (χ0n) is 11.3. The quantitative estimate of drug-likeness (QED) is 0.851. The Balaban J connectivity index is 2.30. The first-order chi connectivity index (χ1) is 8.50. The zero-order valence-corrected chi connectivity index (χ0v) is 12.1. The third-order valence-corrected chi connectivity index (χ3v) is 4.06. The van der Waals surface area contributed by atoms with Gasteiger partial charge in [0.2, 0.25) is 0 Å². The van der Waals surface area contributed by atoms with Crippen molar-refractivity contribution in [2.75, 3.05) is 18.0 Å². The van der Waals surface area contributed by atoms with E-state index in [1.54, 1.807) is 0 Å². The SMILES string of the molecule is Cc1ccnc(N2CCC(C(C)C)C2)c1C(N)=S. The maximum Gasteiger partial charge on any atom is 0.139 e. The van der Waals surface area contributed by atoms with Crippen LogP contribution < -0.4 is 10.6 Å². The molecule has 0 aromatic carbocycles. The summed E-state index contributed by atoms with van der Waals surface area (Å²) in [4.78, 5) is 7.27. The van der Waals surface area contributed by atoms with Gasteiger partial charge in [0, 0.05) is 19.3 Å². The summed E-state index contributed by atoms with van der Waals surface area (Å²) in [5, 5.41) is 0. The highest BCUT2D eigenvalue weighted by Crippen LogP contribution is 2.30. The van der Waals surface area contributed by atoms with Crippen LogP contribution in [0.25, 0.3) is 0 Å². The number of hydrogen-bond donors (Lipinski definition) is 1. The van der Waals surface area contributed by atoms with Crippen LogP contribution in [-0.2, 0) is 0 Å². The summed E-state index contributed by atoms with van der Waals surface area (Å²) in [5.41, 5.74) is 7.90. The first kappa shape index (κ1) is 13.3. The lowest BCUT2D eigenvalue weighted by atomic mass is 9.95. The molecule has 1 aromatic rings. The van der Waals surface area contributed by atoms with E-state index >= 15 is 0 Å². The average Bonchev–Trinajstić information content (AvgIpc) is 2.77. The first-order valence-corrected chi connectivity index (χ1v) is 6.92. The van der Waals surface area contributed by atoms with Crippen molar-refractivity contribution in [1.82, 2.24) is 4.98 Å². The number of aromatic nitrogens is 1. The Kier molecular flexibility index (Phi) is 3.85. The fourth-order valence-electron chi connectivity index (χ4n) is 2.61. The van der Waals surface area contributed by atoms with E-state index in [0.717, 1.165) is 36.0 Å². The van der Waals surface area contributed by atoms with E-state index in [-0.39, 0.29) is 0 Å². The van der Waals surface area contributed by atoms with E-state index < -0.39 is 0 Å². The number of aryl methyl sites for hydroxylation is 1. The Bertz CT molecular complexity index is 456. The molecule has 0 radical (unpaired) electrons. The highest BCUT2D eigenvalue weighted by atomic mass is 32.1. The molecule has 0 saturated carbocycles. The maximum absolute atomic E-state index is 5.84. The predicted molar refractivity (Wildman–Crippen MR) is 80.0 cm³/mol. The van der Waals surface area contributed by atoms with Crippen molar-refractivity contribution < 1.29 is 0 Å². The molecule has 2 rings (SSSR count). The molecule has 0 spiro atoms. The second-order valence-corrected chi connectivity index (χ2v) is 5.87. The van der Waals surface area contributed by atoms with Gasteiger partial charge in [-0.05, 0) is 36.8 Å². The van der Waals surface area contributed by atoms with Gasteiger partial charge >= 0.3 is 0 Å². The minimum absolute atomic E-state index is 0.448. The summed E-state index contributed by atoms with van der Waals surface area (Å²) >= 11 is 5.16. The van der Waals surface area contributed by atoms with E-state index in [4.69, 9.17) is 18.0 Å². The molecule has 0 amide bonds. The predicted octanol–water partition coefficient (Wildman–Crippen LogP) is 2.51. The third kappa shape index (κ3) is 2.48. The zero-order chi connectivity index (χ0) is 13.3. The molecule has 98 valence electrons. The topological polar surface area (TPSA) is 42.2 Å². The second-order valence-electron chi connectivity index (χ2n) is 5.43. The molecule has 1 aliphatic heterocycles. The monoisotopic (exact) mass is 263 g/mol. The van der Waals surface area contributed by atoms with Crippen LogP contribution in [0.15, 0.2) is 12.3 Å². The summed E-state index contributed by atoms with van der Waals surface area (Å²) in [6.07, 6.45) is 3.07. The number of thiocarbonyl (C=S) groups is 1. The highest BCUT2D eigenvalue weighted by Gasteiger charge is 2.27. The molecule has 0 bridgehead atoms. The third-order valence-electron chi connectivity index (χ3n) is 3.85. The Morgan fingerprint density at radius 1 is 1.56 bits per heavy atom. The van der Waals surface area contributed by atoms with E-state index in [2.05, 4.69) is 23.7 Å². The number of pyridine rings is 1. The van der Waals surface area contributed by atoms with Crippen molar-refractivity contribution in [1.29, 1.82) is 0 Å². The molecule has 1 atom stereocenters. The van der Waals surface area contributed by atoms with Crippen molar-refractivity contribution in [3.8, 4) is 0 Å². The van der Waals surface area contributed by atoms with Crippen LogP contribution in [0.4, 0.5) is 5.82 Å². The van der Waals surface area contributed by atoms with Gasteiger partial charge in [-0.2, -0.15) is 0 Å². The Labute approximate surface area is 114 Å². The fraction of sp³-hybridized carbons (Fsp3) is 0.571. The fourth-order valence-corrected chi connectivity index (χ4v) is 2.86. The number of rotatable bonds is 3. The summed E-state index contributed by atoms with van der Waals surface area (Å²) in [6, 6.07) is 1.97. The van der Waals surface area contributed by atoms with Gasteiger partial charge in [-0.3, -0.25) is 0 Å². The largest absolute Gasteiger partial charge is 0.389 e. The van der Waals surface area contributed by atoms with Crippen LogP contribution in [0.3, 0.4) is 0 Å². The highest BCUT2D eigenvalue weighted by molar-refractivity contribution is 7.80. The lowest BCUT2D eigenvalue weighted by Gasteiger charge is -2.22. The van der Waals surface area contributed by atoms with Crippen LogP contribution in [0.5, 0.6) is 0 Å². The molecule has 1 unspecified atom stereocenters. The molecule has 1 saturated heterocycles. The van der Waals surface area contributed by atoms with Gasteiger partial charge in [0.1, 0.15) is 10.8 Å². The standard InChI is InChI=1S/C14H21N3S/c1-9(2)11-5-7-17(8-11)14-12(13(15)18)10(3)4-6-16-14/h4,6,9,11H,5,7-8H2,1-3H3,(H2,15,18). The van der Waals surface area contributed by atoms with E-state index in [1.807, 2.05) is 19.2 Å². The molecule has 1 aliphatic rings. The van der Waals surface area contributed by atoms with Crippen molar-refractivity contribution >= 4 is 23.0 Å². The molecular formula is C14H21N3S. The number of nitrogens with two attached hydrogens (primary N) is 1. The van der Waals surface area contributed by atoms with Crippen LogP contribution in [0.2, 0.25) is 0 Å². The Morgan fingerprint density at radius 3 is 2.83 bits per heavy atom. The van der Waals surface area contributed by atoms with Crippen molar-refractivity contribution in [2.24, 2.45) is 17.6 Å². The summed E-state index contributed by atoms with van der Waals surface area (Å²) in [5.74, 6) is 2.42. The van der Waals surface area contributed by atoms with Crippen LogP contribution >= 0.6 is 12.2 Å². The number of nitrogens with zero attached hydrogens (tertiary/aromatic N) is 2. The average molecular weight is 263 g/mol. The first-order valence-electron chi connectivity index (χ1n) is 6.51. The summed E-state index contributed by atoms with van der Waals surface area (Å²) in [6.45, 7) is 8.72. The van der Waals surface area contributed by atoms with Crippen molar-refractivity contribution in [3.63, 3.8) is 0 Å². The minimum atomic E-state index is 0.448. The van der Waals surface area contributed by atoms with Gasteiger partial charge in [0.25, 0.3) is 0 Å². The Hall–Kier alpha value is -1.16. The lowest BCUT2D eigenvalue weighted by Crippen LogP contribution is -2.26. The van der Waals surface area contributed by atoms with Gasteiger partial charge in [0.15, 0.2) is 0 Å². The normalized spacial score (nSPS) is 19.6. The summed E-state index contributed by atoms with van der Waals surface area (Å²) < 4.78 is 0. The molecule has 3 nitrogen and oxygen atoms in total. The number of hydrogen-bond acceptors (Lipinski definition) is 3. The maximum atomic E-state index is 5.84. The van der Waals surface area contributed by atoms with Gasteiger partial charge in [0.05, 0.1) is 5.56 Å². The van der Waals surface area contributed by atoms with E-state index in [9.17, 15) is 0 Å². The minimum Gasteiger partial charge on any atom is -0.389 e. The van der Waals surface area contributed by atoms with Crippen LogP contribution in [-0.4, -0.2) is 23.1 Å². The van der Waals surface area contributed by atoms with E-state index in [0.29, 0.717) is 10.9 Å². The molecular weight excluding hydrogens is 242 g/mol. The lowest BCUT2D eigenvalue weighted by molar-refractivity contribution is 0.422. The second kappa shape index (κ2) is 5.22. The van der Waals surface area contributed by atoms with Crippen LogP contribution in [0.1, 0.15) is 31.4 Å². The molecule has 0 aliphatic carbocycles. The van der Waals surface area contributed by atoms with Gasteiger partial charge in [-0.15, -0.1) is 0 Å². The molecule has 2 N–H and O–H groups in total. The van der Waals surface area contributed by atoms with Crippen LogP contribution in [0, 0.1) is 18.8 Å². The van der Waals surface area contributed by atoms with Gasteiger partial charge in [-0.1, -0.05) is 26.1 Å². The molecule has 1 fully saturated rings. The van der Waals surface area contributed by atoms with Gasteiger partial charge in [-0.25, -0.2) is 4.98 Å². The van der Waals surface area contributed by atoms with Gasteiger partial charge < -0.3 is 10.6 Å². The smallest absolute Gasteiger partial charge is 0.139 e.